The van der Waals surface area contributed by atoms with E-state index in [0.29, 0.717) is 0 Å². The second-order valence-corrected chi connectivity index (χ2v) is 3.87. The zero-order chi connectivity index (χ0) is 13.1. The maximum atomic E-state index is 11.8. The summed E-state index contributed by atoms with van der Waals surface area (Å²) in [5.74, 6) is -1.44. The average Bonchev–Trinajstić information content (AvgIpc) is 2.25. The Labute approximate surface area is 95.6 Å². The van der Waals surface area contributed by atoms with Crippen molar-refractivity contribution < 1.29 is 27.9 Å². The number of carboxylic acid groups (broad SMARTS) is 1. The molecule has 1 aliphatic rings. The highest BCUT2D eigenvalue weighted by molar-refractivity contribution is 5.75. The Balaban J connectivity index is 2.33. The van der Waals surface area contributed by atoms with Gasteiger partial charge in [-0.2, -0.15) is 13.2 Å². The first-order valence-electron chi connectivity index (χ1n) is 5.12. The molecule has 0 bridgehead atoms. The topological polar surface area (TPSA) is 69.6 Å². The Hall–Kier alpha value is -1.47. The first-order chi connectivity index (χ1) is 7.79. The van der Waals surface area contributed by atoms with E-state index in [1.165, 1.54) is 4.90 Å². The van der Waals surface area contributed by atoms with Crippen LogP contribution >= 0.6 is 0 Å². The van der Waals surface area contributed by atoms with Gasteiger partial charge in [-0.25, -0.2) is 4.79 Å². The molecule has 0 saturated carbocycles. The van der Waals surface area contributed by atoms with Gasteiger partial charge < -0.3 is 15.3 Å². The van der Waals surface area contributed by atoms with E-state index in [1.54, 1.807) is 5.32 Å². The first-order valence-corrected chi connectivity index (χ1v) is 5.12. The fourth-order valence-corrected chi connectivity index (χ4v) is 1.62. The predicted molar refractivity (Wildman–Crippen MR) is 51.4 cm³/mol. The van der Waals surface area contributed by atoms with Crippen molar-refractivity contribution in [3.63, 3.8) is 0 Å². The molecule has 0 radical (unpaired) electrons. The van der Waals surface area contributed by atoms with E-state index in [-0.39, 0.29) is 25.9 Å². The number of carboxylic acids is 1. The highest BCUT2D eigenvalue weighted by Gasteiger charge is 2.31. The van der Waals surface area contributed by atoms with Gasteiger partial charge in [-0.1, -0.05) is 0 Å². The lowest BCUT2D eigenvalue weighted by atomic mass is 9.97. The van der Waals surface area contributed by atoms with Gasteiger partial charge in [0.15, 0.2) is 0 Å². The van der Waals surface area contributed by atoms with Gasteiger partial charge in [0, 0.05) is 13.1 Å². The number of hydrogen-bond acceptors (Lipinski definition) is 2. The van der Waals surface area contributed by atoms with Crippen LogP contribution in [-0.2, 0) is 4.79 Å². The Morgan fingerprint density at radius 3 is 2.24 bits per heavy atom. The molecule has 8 heteroatoms. The molecule has 5 nitrogen and oxygen atoms in total. The SMILES string of the molecule is O=C(O)C1CCN(C(=O)NCC(F)(F)F)CC1. The number of nitrogens with one attached hydrogen (secondary N) is 1. The van der Waals surface area contributed by atoms with Crippen LogP contribution in [-0.4, -0.2) is 47.8 Å². The Morgan fingerprint density at radius 1 is 1.29 bits per heavy atom. The number of hydrogen-bond donors (Lipinski definition) is 2. The van der Waals surface area contributed by atoms with E-state index < -0.39 is 30.6 Å². The molecule has 0 aromatic rings. The summed E-state index contributed by atoms with van der Waals surface area (Å²) in [4.78, 5) is 23.1. The molecule has 2 amide bonds. The van der Waals surface area contributed by atoms with Crippen LogP contribution in [0.15, 0.2) is 0 Å². The average molecular weight is 254 g/mol. The Morgan fingerprint density at radius 2 is 1.82 bits per heavy atom. The van der Waals surface area contributed by atoms with E-state index in [1.807, 2.05) is 0 Å². The third-order valence-corrected chi connectivity index (χ3v) is 2.57. The van der Waals surface area contributed by atoms with Gasteiger partial charge in [-0.05, 0) is 12.8 Å². The highest BCUT2D eigenvalue weighted by atomic mass is 19.4. The summed E-state index contributed by atoms with van der Waals surface area (Å²) >= 11 is 0. The monoisotopic (exact) mass is 254 g/mol. The summed E-state index contributed by atoms with van der Waals surface area (Å²) in [7, 11) is 0. The van der Waals surface area contributed by atoms with Crippen LogP contribution in [0.1, 0.15) is 12.8 Å². The summed E-state index contributed by atoms with van der Waals surface area (Å²) in [6, 6.07) is -0.800. The minimum Gasteiger partial charge on any atom is -0.481 e. The van der Waals surface area contributed by atoms with Crippen molar-refractivity contribution >= 4 is 12.0 Å². The summed E-state index contributed by atoms with van der Waals surface area (Å²) in [5.41, 5.74) is 0. The zero-order valence-corrected chi connectivity index (χ0v) is 8.96. The van der Waals surface area contributed by atoms with Crippen LogP contribution < -0.4 is 5.32 Å². The second kappa shape index (κ2) is 5.24. The third kappa shape index (κ3) is 4.49. The van der Waals surface area contributed by atoms with Crippen molar-refractivity contribution in [1.82, 2.24) is 10.2 Å². The van der Waals surface area contributed by atoms with Gasteiger partial charge in [-0.3, -0.25) is 4.79 Å². The van der Waals surface area contributed by atoms with Crippen LogP contribution in [0, 0.1) is 5.92 Å². The van der Waals surface area contributed by atoms with E-state index in [4.69, 9.17) is 5.11 Å². The van der Waals surface area contributed by atoms with Crippen LogP contribution in [0.3, 0.4) is 0 Å². The Kier molecular flexibility index (Phi) is 4.19. The van der Waals surface area contributed by atoms with Crippen LogP contribution in [0.2, 0.25) is 0 Å². The normalized spacial score (nSPS) is 17.9. The molecule has 0 aromatic carbocycles. The molecular weight excluding hydrogens is 241 g/mol. The van der Waals surface area contributed by atoms with E-state index >= 15 is 0 Å². The molecule has 0 atom stereocenters. The summed E-state index contributed by atoms with van der Waals surface area (Å²) in [5, 5.41) is 10.5. The number of rotatable bonds is 2. The predicted octanol–water partition coefficient (Wildman–Crippen LogP) is 1.05. The zero-order valence-electron chi connectivity index (χ0n) is 8.96. The number of urea groups is 1. The lowest BCUT2D eigenvalue weighted by Gasteiger charge is -2.30. The molecule has 0 unspecified atom stereocenters. The lowest BCUT2D eigenvalue weighted by Crippen LogP contribution is -2.47. The molecule has 98 valence electrons. The van der Waals surface area contributed by atoms with Gasteiger partial charge in [0.2, 0.25) is 0 Å². The summed E-state index contributed by atoms with van der Waals surface area (Å²) in [6.07, 6.45) is -3.89. The molecule has 1 aliphatic heterocycles. The number of carbonyl (C=O) groups is 2. The van der Waals surface area contributed by atoms with Gasteiger partial charge in [0.1, 0.15) is 6.54 Å². The molecule has 0 aliphatic carbocycles. The molecule has 17 heavy (non-hydrogen) atoms. The van der Waals surface area contributed by atoms with Crippen LogP contribution in [0.4, 0.5) is 18.0 Å². The van der Waals surface area contributed by atoms with E-state index in [9.17, 15) is 22.8 Å². The fraction of sp³-hybridized carbons (Fsp3) is 0.778. The van der Waals surface area contributed by atoms with Crippen molar-refractivity contribution in [3.8, 4) is 0 Å². The Bertz CT molecular complexity index is 298. The van der Waals surface area contributed by atoms with Crippen molar-refractivity contribution in [2.75, 3.05) is 19.6 Å². The largest absolute Gasteiger partial charge is 0.481 e. The summed E-state index contributed by atoms with van der Waals surface area (Å²) < 4.78 is 35.5. The minimum atomic E-state index is -4.44. The molecule has 0 spiro atoms. The van der Waals surface area contributed by atoms with E-state index in [0.717, 1.165) is 0 Å². The number of aliphatic carboxylic acids is 1. The van der Waals surface area contributed by atoms with Gasteiger partial charge in [-0.15, -0.1) is 0 Å². The number of carbonyl (C=O) groups excluding carboxylic acids is 1. The van der Waals surface area contributed by atoms with Crippen molar-refractivity contribution in [2.24, 2.45) is 5.92 Å². The number of piperidine rings is 1. The molecule has 1 saturated heterocycles. The number of likely N-dealkylation sites (tertiary alicyclic amines) is 1. The fourth-order valence-electron chi connectivity index (χ4n) is 1.62. The number of amides is 2. The molecule has 1 rings (SSSR count). The summed E-state index contributed by atoms with van der Waals surface area (Å²) in [6.45, 7) is -1.04. The molecule has 0 aromatic heterocycles. The number of alkyl halides is 3. The van der Waals surface area contributed by atoms with Crippen molar-refractivity contribution in [1.29, 1.82) is 0 Å². The van der Waals surface area contributed by atoms with Crippen molar-refractivity contribution in [2.45, 2.75) is 19.0 Å². The van der Waals surface area contributed by atoms with E-state index in [2.05, 4.69) is 0 Å². The van der Waals surface area contributed by atoms with Gasteiger partial charge in [0.25, 0.3) is 0 Å². The minimum absolute atomic E-state index is 0.167. The quantitative estimate of drug-likeness (QED) is 0.774. The molecule has 1 fully saturated rings. The standard InChI is InChI=1S/C9H13F3N2O3/c10-9(11,12)5-13-8(17)14-3-1-6(2-4-14)7(15)16/h6H,1-5H2,(H,13,17)(H,15,16). The number of halogens is 3. The first kappa shape index (κ1) is 13.6. The highest BCUT2D eigenvalue weighted by Crippen LogP contribution is 2.17. The second-order valence-electron chi connectivity index (χ2n) is 3.87. The number of nitrogens with zero attached hydrogens (tertiary/aromatic N) is 1. The smallest absolute Gasteiger partial charge is 0.405 e. The van der Waals surface area contributed by atoms with Crippen LogP contribution in [0.25, 0.3) is 0 Å². The third-order valence-electron chi connectivity index (χ3n) is 2.57. The van der Waals surface area contributed by atoms with Gasteiger partial charge in [0.05, 0.1) is 5.92 Å². The maximum absolute atomic E-state index is 11.8. The molecule has 2 N–H and O–H groups in total. The lowest BCUT2D eigenvalue weighted by molar-refractivity contribution is -0.143. The maximum Gasteiger partial charge on any atom is 0.405 e. The molecular formula is C9H13F3N2O3. The molecule has 1 heterocycles. The van der Waals surface area contributed by atoms with Crippen LogP contribution in [0.5, 0.6) is 0 Å². The van der Waals surface area contributed by atoms with Gasteiger partial charge >= 0.3 is 18.2 Å². The van der Waals surface area contributed by atoms with Crippen molar-refractivity contribution in [3.05, 3.63) is 0 Å².